The predicted molar refractivity (Wildman–Crippen MR) is 101 cm³/mol. The van der Waals surface area contributed by atoms with Gasteiger partial charge in [0.1, 0.15) is 28.6 Å². The summed E-state index contributed by atoms with van der Waals surface area (Å²) in [7, 11) is 0. The normalized spacial score (nSPS) is 11.2. The molecule has 0 unspecified atom stereocenters. The number of pyridine rings is 1. The van der Waals surface area contributed by atoms with Gasteiger partial charge in [0.25, 0.3) is 11.5 Å². The van der Waals surface area contributed by atoms with Gasteiger partial charge in [-0.25, -0.2) is 0 Å². The van der Waals surface area contributed by atoms with Crippen LogP contribution in [0.15, 0.2) is 53.0 Å². The molecule has 0 saturated carbocycles. The van der Waals surface area contributed by atoms with Gasteiger partial charge in [-0.1, -0.05) is 29.8 Å². The molecule has 1 aromatic carbocycles. The quantitative estimate of drug-likeness (QED) is 0.552. The number of halogens is 1. The number of nitriles is 1. The Hall–Kier alpha value is -3.63. The molecule has 0 fully saturated rings. The highest BCUT2D eigenvalue weighted by Gasteiger charge is 2.17. The van der Waals surface area contributed by atoms with Crippen LogP contribution in [-0.2, 0) is 4.79 Å². The zero-order valence-electron chi connectivity index (χ0n) is 14.1. The van der Waals surface area contributed by atoms with Crippen LogP contribution in [0, 0.1) is 18.3 Å². The maximum atomic E-state index is 13.0. The molecule has 1 amide bonds. The van der Waals surface area contributed by atoms with E-state index >= 15 is 0 Å². The average molecular weight is 381 g/mol. The number of amides is 1. The molecule has 0 aliphatic heterocycles. The first kappa shape index (κ1) is 18.2. The van der Waals surface area contributed by atoms with Gasteiger partial charge in [0.2, 0.25) is 5.88 Å². The first-order valence-corrected chi connectivity index (χ1v) is 8.16. The molecule has 3 aromatic rings. The fourth-order valence-corrected chi connectivity index (χ4v) is 2.60. The number of fused-ring (bicyclic) bond motifs is 1. The van der Waals surface area contributed by atoms with Gasteiger partial charge < -0.3 is 10.5 Å². The van der Waals surface area contributed by atoms with E-state index in [0.29, 0.717) is 10.7 Å². The van der Waals surface area contributed by atoms with Crippen molar-refractivity contribution >= 4 is 29.2 Å². The Morgan fingerprint density at radius 1 is 1.33 bits per heavy atom. The Bertz CT molecular complexity index is 1190. The minimum Gasteiger partial charge on any atom is -0.437 e. The lowest BCUT2D eigenvalue weighted by Crippen LogP contribution is -2.20. The second-order valence-electron chi connectivity index (χ2n) is 5.59. The number of benzene rings is 1. The maximum absolute atomic E-state index is 13.0. The molecule has 27 heavy (non-hydrogen) atoms. The fourth-order valence-electron chi connectivity index (χ4n) is 2.43. The highest BCUT2D eigenvalue weighted by molar-refractivity contribution is 6.32. The van der Waals surface area contributed by atoms with Gasteiger partial charge in [-0.3, -0.25) is 14.0 Å². The smallest absolute Gasteiger partial charge is 0.269 e. The number of para-hydroxylation sites is 1. The minimum atomic E-state index is -0.963. The highest BCUT2D eigenvalue weighted by Crippen LogP contribution is 2.30. The third-order valence-electron chi connectivity index (χ3n) is 3.77. The second kappa shape index (κ2) is 7.32. The lowest BCUT2D eigenvalue weighted by Gasteiger charge is -2.12. The Kier molecular flexibility index (Phi) is 4.92. The Morgan fingerprint density at radius 2 is 2.07 bits per heavy atom. The van der Waals surface area contributed by atoms with Crippen LogP contribution in [0.25, 0.3) is 11.7 Å². The number of primary amides is 1. The van der Waals surface area contributed by atoms with E-state index in [2.05, 4.69) is 4.98 Å². The van der Waals surface area contributed by atoms with Crippen LogP contribution in [0.2, 0.25) is 5.02 Å². The number of rotatable bonds is 4. The van der Waals surface area contributed by atoms with Crippen molar-refractivity contribution in [2.75, 3.05) is 0 Å². The molecule has 2 N–H and O–H groups in total. The fraction of sp³-hybridized carbons (Fsp3) is 0.0526. The van der Waals surface area contributed by atoms with E-state index in [4.69, 9.17) is 27.3 Å². The molecule has 0 aliphatic carbocycles. The van der Waals surface area contributed by atoms with Gasteiger partial charge in [0.05, 0.1) is 5.02 Å². The van der Waals surface area contributed by atoms with E-state index in [9.17, 15) is 9.59 Å². The topological polar surface area (TPSA) is 110 Å². The third-order valence-corrected chi connectivity index (χ3v) is 4.08. The number of carbonyl (C=O) groups excluding carboxylic acids is 1. The molecule has 0 aliphatic rings. The average Bonchev–Trinajstić information content (AvgIpc) is 2.64. The lowest BCUT2D eigenvalue weighted by molar-refractivity contribution is -0.114. The summed E-state index contributed by atoms with van der Waals surface area (Å²) in [6.45, 7) is 1.79. The highest BCUT2D eigenvalue weighted by atomic mass is 35.5. The molecule has 0 radical (unpaired) electrons. The molecule has 2 heterocycles. The summed E-state index contributed by atoms with van der Waals surface area (Å²) in [4.78, 5) is 28.8. The Morgan fingerprint density at radius 3 is 2.74 bits per heavy atom. The molecular weight excluding hydrogens is 368 g/mol. The van der Waals surface area contributed by atoms with Gasteiger partial charge in [0, 0.05) is 6.20 Å². The summed E-state index contributed by atoms with van der Waals surface area (Å²) < 4.78 is 7.05. The molecule has 3 rings (SSSR count). The SMILES string of the molecule is Cc1cccn2c(=O)c(/C=C(/C#N)C(N)=O)c(Oc3ccccc3Cl)nc12. The van der Waals surface area contributed by atoms with Crippen molar-refractivity contribution in [3.05, 3.63) is 74.7 Å². The van der Waals surface area contributed by atoms with Gasteiger partial charge in [0.15, 0.2) is 0 Å². The van der Waals surface area contributed by atoms with Crippen LogP contribution in [0.3, 0.4) is 0 Å². The van der Waals surface area contributed by atoms with E-state index in [1.54, 1.807) is 49.4 Å². The van der Waals surface area contributed by atoms with Gasteiger partial charge >= 0.3 is 0 Å². The number of ether oxygens (including phenoxy) is 1. The van der Waals surface area contributed by atoms with Gasteiger partial charge in [-0.2, -0.15) is 10.2 Å². The second-order valence-corrected chi connectivity index (χ2v) is 5.99. The van der Waals surface area contributed by atoms with Crippen LogP contribution in [0.5, 0.6) is 11.6 Å². The number of hydrogen-bond acceptors (Lipinski definition) is 5. The van der Waals surface area contributed by atoms with E-state index < -0.39 is 17.0 Å². The van der Waals surface area contributed by atoms with Crippen molar-refractivity contribution in [3.63, 3.8) is 0 Å². The monoisotopic (exact) mass is 380 g/mol. The summed E-state index contributed by atoms with van der Waals surface area (Å²) in [5, 5.41) is 9.43. The number of aromatic nitrogens is 2. The number of nitrogens with two attached hydrogens (primary N) is 1. The molecule has 0 bridgehead atoms. The van der Waals surface area contributed by atoms with Crippen LogP contribution in [0.4, 0.5) is 0 Å². The third kappa shape index (κ3) is 3.52. The van der Waals surface area contributed by atoms with Crippen LogP contribution < -0.4 is 16.0 Å². The lowest BCUT2D eigenvalue weighted by atomic mass is 10.1. The van der Waals surface area contributed by atoms with E-state index in [1.165, 1.54) is 10.6 Å². The first-order valence-electron chi connectivity index (χ1n) is 7.78. The molecule has 2 aromatic heterocycles. The maximum Gasteiger partial charge on any atom is 0.269 e. The summed E-state index contributed by atoms with van der Waals surface area (Å²) in [5.41, 5.74) is 5.30. The summed E-state index contributed by atoms with van der Waals surface area (Å²) in [6, 6.07) is 11.8. The van der Waals surface area contributed by atoms with Crippen molar-refractivity contribution in [2.24, 2.45) is 5.73 Å². The summed E-state index contributed by atoms with van der Waals surface area (Å²) in [6.07, 6.45) is 2.60. The van der Waals surface area contributed by atoms with Crippen LogP contribution in [0.1, 0.15) is 11.1 Å². The number of carbonyl (C=O) groups is 1. The standard InChI is InChI=1S/C19H13ClN4O3/c1-11-5-4-8-24-17(11)23-18(27-15-7-3-2-6-14(15)20)13(19(24)26)9-12(10-21)16(22)25/h2-9H,1H3,(H2,22,25)/b12-9-. The number of hydrogen-bond donors (Lipinski definition) is 1. The van der Waals surface area contributed by atoms with Crippen molar-refractivity contribution in [3.8, 4) is 17.7 Å². The van der Waals surface area contributed by atoms with E-state index in [1.807, 2.05) is 0 Å². The molecular formula is C19H13ClN4O3. The zero-order chi connectivity index (χ0) is 19.6. The largest absolute Gasteiger partial charge is 0.437 e. The van der Waals surface area contributed by atoms with E-state index in [-0.39, 0.29) is 17.2 Å². The van der Waals surface area contributed by atoms with Crippen molar-refractivity contribution in [1.29, 1.82) is 5.26 Å². The van der Waals surface area contributed by atoms with Crippen molar-refractivity contribution < 1.29 is 9.53 Å². The molecule has 0 spiro atoms. The predicted octanol–water partition coefficient (Wildman–Crippen LogP) is 2.84. The van der Waals surface area contributed by atoms with Gasteiger partial charge in [-0.15, -0.1) is 0 Å². The molecule has 134 valence electrons. The Labute approximate surface area is 158 Å². The van der Waals surface area contributed by atoms with Crippen molar-refractivity contribution in [1.82, 2.24) is 9.38 Å². The molecule has 0 saturated heterocycles. The van der Waals surface area contributed by atoms with Crippen molar-refractivity contribution in [2.45, 2.75) is 6.92 Å². The van der Waals surface area contributed by atoms with Crippen LogP contribution >= 0.6 is 11.6 Å². The summed E-state index contributed by atoms with van der Waals surface area (Å²) in [5.74, 6) is -0.775. The minimum absolute atomic E-state index is 0.0867. The Balaban J connectivity index is 2.33. The first-order chi connectivity index (χ1) is 12.9. The van der Waals surface area contributed by atoms with E-state index in [0.717, 1.165) is 11.6 Å². The summed E-state index contributed by atoms with van der Waals surface area (Å²) >= 11 is 6.12. The number of aryl methyl sites for hydroxylation is 1. The molecule has 7 nitrogen and oxygen atoms in total. The van der Waals surface area contributed by atoms with Gasteiger partial charge in [-0.05, 0) is 36.8 Å². The number of nitrogens with zero attached hydrogens (tertiary/aromatic N) is 3. The molecule has 8 heteroatoms. The molecule has 0 atom stereocenters. The zero-order valence-corrected chi connectivity index (χ0v) is 14.9. The van der Waals surface area contributed by atoms with Crippen LogP contribution in [-0.4, -0.2) is 15.3 Å².